The van der Waals surface area contributed by atoms with E-state index in [9.17, 15) is 43.2 Å². The van der Waals surface area contributed by atoms with Crippen LogP contribution in [0, 0.1) is 0 Å². The van der Waals surface area contributed by atoms with E-state index in [0.717, 1.165) is 15.2 Å². The smallest absolute Gasteiger partial charge is 0.421 e. The number of aliphatic hydroxyl groups is 1. The van der Waals surface area contributed by atoms with Gasteiger partial charge in [0.2, 0.25) is 0 Å². The molecule has 0 bridgehead atoms. The second-order valence-corrected chi connectivity index (χ2v) is 8.91. The Labute approximate surface area is 141 Å². The molecule has 1 aliphatic rings. The molecular formula is C10H18F6N2O5S2. The van der Waals surface area contributed by atoms with E-state index < -0.39 is 31.1 Å². The van der Waals surface area contributed by atoms with Crippen molar-refractivity contribution in [2.24, 2.45) is 0 Å². The minimum atomic E-state index is -6.72. The number of quaternary nitrogens is 1. The molecule has 0 unspecified atom stereocenters. The van der Waals surface area contributed by atoms with Gasteiger partial charge in [-0.25, -0.2) is 16.8 Å². The van der Waals surface area contributed by atoms with Crippen LogP contribution in [-0.2, 0) is 20.0 Å². The number of likely N-dealkylation sites (tertiary alicyclic amines) is 1. The van der Waals surface area contributed by atoms with Crippen molar-refractivity contribution in [2.45, 2.75) is 30.3 Å². The first-order valence-electron chi connectivity index (χ1n) is 6.79. The van der Waals surface area contributed by atoms with E-state index in [0.29, 0.717) is 6.61 Å². The fourth-order valence-corrected chi connectivity index (χ4v) is 3.66. The molecule has 0 aromatic carbocycles. The summed E-state index contributed by atoms with van der Waals surface area (Å²) in [5.74, 6) is 0. The van der Waals surface area contributed by atoms with Gasteiger partial charge in [0.15, 0.2) is 20.0 Å². The minimum Gasteiger partial charge on any atom is -0.421 e. The summed E-state index contributed by atoms with van der Waals surface area (Å²) in [6, 6.07) is 0. The molecule has 15 heteroatoms. The zero-order valence-corrected chi connectivity index (χ0v) is 14.6. The van der Waals surface area contributed by atoms with Gasteiger partial charge in [0, 0.05) is 0 Å². The second-order valence-electron chi connectivity index (χ2n) is 5.49. The highest BCUT2D eigenvalue weighted by atomic mass is 32.3. The Morgan fingerprint density at radius 3 is 1.52 bits per heavy atom. The fourth-order valence-electron chi connectivity index (χ4n) is 1.95. The van der Waals surface area contributed by atoms with Crippen LogP contribution < -0.4 is 0 Å². The third-order valence-electron chi connectivity index (χ3n) is 3.32. The number of sulfonamides is 2. The molecule has 152 valence electrons. The Morgan fingerprint density at radius 2 is 1.24 bits per heavy atom. The van der Waals surface area contributed by atoms with Crippen LogP contribution in [0.4, 0.5) is 26.3 Å². The number of rotatable bonds is 4. The van der Waals surface area contributed by atoms with Crippen molar-refractivity contribution < 1.29 is 52.8 Å². The van der Waals surface area contributed by atoms with E-state index in [1.807, 2.05) is 0 Å². The van der Waals surface area contributed by atoms with Crippen LogP contribution in [0.15, 0.2) is 0 Å². The van der Waals surface area contributed by atoms with E-state index in [1.165, 1.54) is 32.4 Å². The van der Waals surface area contributed by atoms with E-state index in [1.54, 1.807) is 0 Å². The molecule has 1 rings (SSSR count). The normalized spacial score (nSPS) is 19.0. The lowest BCUT2D eigenvalue weighted by Gasteiger charge is -2.37. The van der Waals surface area contributed by atoms with Gasteiger partial charge in [0.25, 0.3) is 0 Å². The van der Waals surface area contributed by atoms with Gasteiger partial charge >= 0.3 is 11.0 Å². The summed E-state index contributed by atoms with van der Waals surface area (Å²) < 4.78 is 110. The summed E-state index contributed by atoms with van der Waals surface area (Å²) in [5.41, 5.74) is -12.4. The maximum absolute atomic E-state index is 11.4. The monoisotopic (exact) mass is 424 g/mol. The topological polar surface area (TPSA) is 103 Å². The van der Waals surface area contributed by atoms with Crippen molar-refractivity contribution in [3.63, 3.8) is 0 Å². The molecule has 25 heavy (non-hydrogen) atoms. The maximum atomic E-state index is 11.4. The molecule has 7 nitrogen and oxygen atoms in total. The summed E-state index contributed by atoms with van der Waals surface area (Å²) in [6.07, 6.45) is 4.08. The van der Waals surface area contributed by atoms with Gasteiger partial charge in [-0.15, -0.1) is 0 Å². The zero-order chi connectivity index (χ0) is 20.2. The molecular weight excluding hydrogens is 406 g/mol. The van der Waals surface area contributed by atoms with Gasteiger partial charge in [-0.3, -0.25) is 0 Å². The predicted octanol–water partition coefficient (Wildman–Crippen LogP) is 1.67. The molecule has 0 saturated carbocycles. The van der Waals surface area contributed by atoms with E-state index in [4.69, 9.17) is 5.11 Å². The molecule has 1 N–H and O–H groups in total. The summed E-state index contributed by atoms with van der Waals surface area (Å²) in [4.78, 5) is 0. The van der Waals surface area contributed by atoms with Gasteiger partial charge in [0.1, 0.15) is 6.54 Å². The lowest BCUT2D eigenvalue weighted by Crippen LogP contribution is -2.49. The number of alkyl halides is 6. The highest BCUT2D eigenvalue weighted by Gasteiger charge is 2.46. The highest BCUT2D eigenvalue weighted by molar-refractivity contribution is 8.13. The number of hydrogen-bond acceptors (Lipinski definition) is 5. The molecule has 0 radical (unpaired) electrons. The quantitative estimate of drug-likeness (QED) is 0.546. The van der Waals surface area contributed by atoms with Gasteiger partial charge < -0.3 is 13.7 Å². The Balaban J connectivity index is 0.000000496. The first-order valence-corrected chi connectivity index (χ1v) is 9.67. The standard InChI is InChI=1S/C8H18NO.C2F6NO4S2/c1-9(7-8-10)5-3-2-4-6-9;3-1(4,5)14(10,11)9-15(12,13)2(6,7)8/h10H,2-8H2,1H3;/q+1;-1. The molecule has 1 heterocycles. The van der Waals surface area contributed by atoms with Crippen molar-refractivity contribution in [1.82, 2.24) is 0 Å². The third kappa shape index (κ3) is 7.64. The first-order chi connectivity index (χ1) is 11.0. The van der Waals surface area contributed by atoms with Gasteiger partial charge in [-0.2, -0.15) is 26.3 Å². The first kappa shape index (κ1) is 24.4. The van der Waals surface area contributed by atoms with Crippen molar-refractivity contribution in [2.75, 3.05) is 33.3 Å². The van der Waals surface area contributed by atoms with Crippen molar-refractivity contribution in [3.05, 3.63) is 4.13 Å². The largest absolute Gasteiger partial charge is 0.480 e. The highest BCUT2D eigenvalue weighted by Crippen LogP contribution is 2.36. The molecule has 0 spiro atoms. The molecule has 0 aliphatic carbocycles. The molecule has 0 aromatic rings. The number of halogens is 6. The third-order valence-corrected chi connectivity index (χ3v) is 6.06. The number of nitrogens with zero attached hydrogens (tertiary/aromatic N) is 2. The Kier molecular flexibility index (Phi) is 8.15. The van der Waals surface area contributed by atoms with Crippen molar-refractivity contribution in [1.29, 1.82) is 0 Å². The van der Waals surface area contributed by atoms with Crippen LogP contribution in [0.1, 0.15) is 19.3 Å². The average Bonchev–Trinajstić information content (AvgIpc) is 2.36. The van der Waals surface area contributed by atoms with Crippen LogP contribution >= 0.6 is 0 Å². The van der Waals surface area contributed by atoms with Gasteiger partial charge in [-0.1, -0.05) is 0 Å². The van der Waals surface area contributed by atoms with Crippen LogP contribution in [0.3, 0.4) is 0 Å². The molecule has 1 saturated heterocycles. The van der Waals surface area contributed by atoms with E-state index in [2.05, 4.69) is 7.05 Å². The summed E-state index contributed by atoms with van der Waals surface area (Å²) >= 11 is 0. The van der Waals surface area contributed by atoms with E-state index >= 15 is 0 Å². The Bertz CT molecular complexity index is 576. The summed E-state index contributed by atoms with van der Waals surface area (Å²) in [7, 11) is -11.2. The summed E-state index contributed by atoms with van der Waals surface area (Å²) in [5, 5.41) is 8.77. The lowest BCUT2D eigenvalue weighted by atomic mass is 10.1. The lowest BCUT2D eigenvalue weighted by molar-refractivity contribution is -0.914. The zero-order valence-electron chi connectivity index (χ0n) is 13.0. The van der Waals surface area contributed by atoms with Crippen LogP contribution in [0.2, 0.25) is 0 Å². The second kappa shape index (κ2) is 8.37. The van der Waals surface area contributed by atoms with Crippen LogP contribution in [0.25, 0.3) is 4.13 Å². The Hall–Kier alpha value is -0.640. The molecule has 1 aliphatic heterocycles. The van der Waals surface area contributed by atoms with E-state index in [-0.39, 0.29) is 0 Å². The number of aliphatic hydroxyl groups excluding tert-OH is 1. The number of likely N-dealkylation sites (N-methyl/N-ethyl adjacent to an activating group) is 1. The van der Waals surface area contributed by atoms with Gasteiger partial charge in [0.05, 0.1) is 26.7 Å². The SMILES string of the molecule is C[N+]1(CCO)CCCCC1.O=S(=O)([N-]S(=O)(=O)C(F)(F)F)C(F)(F)F. The minimum absolute atomic E-state index is 0.344. The molecule has 0 aromatic heterocycles. The summed E-state index contributed by atoms with van der Waals surface area (Å²) in [6.45, 7) is 3.82. The van der Waals surface area contributed by atoms with Crippen LogP contribution in [-0.4, -0.2) is 70.7 Å². The van der Waals surface area contributed by atoms with Crippen molar-refractivity contribution >= 4 is 20.0 Å². The van der Waals surface area contributed by atoms with Crippen molar-refractivity contribution in [3.8, 4) is 0 Å². The fraction of sp³-hybridized carbons (Fsp3) is 1.00. The molecule has 0 amide bonds. The maximum Gasteiger partial charge on any atom is 0.480 e. The van der Waals surface area contributed by atoms with Crippen LogP contribution in [0.5, 0.6) is 0 Å². The average molecular weight is 424 g/mol. The number of piperidine rings is 1. The number of hydrogen-bond donors (Lipinski definition) is 1. The van der Waals surface area contributed by atoms with Gasteiger partial charge in [-0.05, 0) is 19.3 Å². The Morgan fingerprint density at radius 1 is 0.880 bits per heavy atom. The molecule has 1 fully saturated rings. The molecule has 0 atom stereocenters. The predicted molar refractivity (Wildman–Crippen MR) is 75.0 cm³/mol.